The highest BCUT2D eigenvalue weighted by molar-refractivity contribution is 5.81. The van der Waals surface area contributed by atoms with Gasteiger partial charge in [-0.3, -0.25) is 4.90 Å². The van der Waals surface area contributed by atoms with Gasteiger partial charge < -0.3 is 10.1 Å². The number of anilines is 1. The van der Waals surface area contributed by atoms with E-state index in [1.165, 1.54) is 18.4 Å². The first-order valence-electron chi connectivity index (χ1n) is 9.34. The number of nitrogens with zero attached hydrogens (tertiary/aromatic N) is 4. The van der Waals surface area contributed by atoms with E-state index in [0.29, 0.717) is 18.5 Å². The van der Waals surface area contributed by atoms with Crippen molar-refractivity contribution in [2.45, 2.75) is 25.8 Å². The maximum absolute atomic E-state index is 5.96. The van der Waals surface area contributed by atoms with E-state index >= 15 is 0 Å². The summed E-state index contributed by atoms with van der Waals surface area (Å²) in [6, 6.07) is 9.00. The Kier molecular flexibility index (Phi) is 3.78. The molecule has 6 heteroatoms. The molecule has 6 nitrogen and oxygen atoms in total. The molecule has 0 aliphatic carbocycles. The second kappa shape index (κ2) is 6.29. The summed E-state index contributed by atoms with van der Waals surface area (Å²) in [6.07, 6.45) is 6.31. The van der Waals surface area contributed by atoms with Crippen LogP contribution in [0.15, 0.2) is 36.7 Å². The van der Waals surface area contributed by atoms with E-state index in [-0.39, 0.29) is 0 Å². The van der Waals surface area contributed by atoms with E-state index in [1.807, 2.05) is 23.0 Å². The number of benzene rings is 1. The maximum atomic E-state index is 5.96. The Bertz CT molecular complexity index is 951. The monoisotopic (exact) mass is 349 g/mol. The minimum absolute atomic E-state index is 0.563. The molecule has 2 aromatic heterocycles. The van der Waals surface area contributed by atoms with E-state index < -0.39 is 0 Å². The van der Waals surface area contributed by atoms with Gasteiger partial charge in [-0.05, 0) is 49.6 Å². The second-order valence-electron chi connectivity index (χ2n) is 7.18. The zero-order valence-corrected chi connectivity index (χ0v) is 15.0. The summed E-state index contributed by atoms with van der Waals surface area (Å²) in [5.74, 6) is 0.666. The molecule has 0 radical (unpaired) electrons. The molecule has 0 amide bonds. The Balaban J connectivity index is 1.62. The molecule has 134 valence electrons. The summed E-state index contributed by atoms with van der Waals surface area (Å²) >= 11 is 0. The van der Waals surface area contributed by atoms with Crippen LogP contribution in [0.25, 0.3) is 16.8 Å². The first-order chi connectivity index (χ1) is 12.8. The summed E-state index contributed by atoms with van der Waals surface area (Å²) in [4.78, 5) is 7.25. The van der Waals surface area contributed by atoms with Crippen molar-refractivity contribution in [3.05, 3.63) is 42.2 Å². The fourth-order valence-electron chi connectivity index (χ4n) is 4.07. The first kappa shape index (κ1) is 15.6. The molecule has 1 saturated heterocycles. The van der Waals surface area contributed by atoms with Gasteiger partial charge in [-0.2, -0.15) is 10.1 Å². The third-order valence-electron chi connectivity index (χ3n) is 5.54. The lowest BCUT2D eigenvalue weighted by atomic mass is 10.0. The minimum atomic E-state index is 0.563. The largest absolute Gasteiger partial charge is 0.476 e. The number of rotatable bonds is 0. The number of ether oxygens (including phenoxy) is 1. The molecule has 3 aromatic rings. The molecule has 4 bridgehead atoms. The summed E-state index contributed by atoms with van der Waals surface area (Å²) in [7, 11) is 0. The van der Waals surface area contributed by atoms with Crippen LogP contribution in [0, 0.1) is 6.92 Å². The molecule has 1 aromatic carbocycles. The standard InChI is InChI=1S/C20H23N5O/c1-14-4-5-15-11-17(14)18-13-22-25-8-6-19(23-20(18)25)26-10-9-24-7-2-3-16(24)12-21-15/h4-6,8,11,13,16,21H,2-3,7,9-10,12H2,1H3/t16-/m0/s1. The lowest BCUT2D eigenvalue weighted by Crippen LogP contribution is -2.37. The lowest BCUT2D eigenvalue weighted by Gasteiger charge is -2.25. The number of aromatic nitrogens is 3. The molecule has 1 fully saturated rings. The highest BCUT2D eigenvalue weighted by Gasteiger charge is 2.24. The molecule has 4 heterocycles. The van der Waals surface area contributed by atoms with E-state index in [9.17, 15) is 0 Å². The van der Waals surface area contributed by atoms with Gasteiger partial charge in [-0.15, -0.1) is 0 Å². The van der Waals surface area contributed by atoms with E-state index in [4.69, 9.17) is 9.72 Å². The van der Waals surface area contributed by atoms with Gasteiger partial charge in [0.2, 0.25) is 5.88 Å². The molecular formula is C20H23N5O. The maximum Gasteiger partial charge on any atom is 0.216 e. The predicted molar refractivity (Wildman–Crippen MR) is 102 cm³/mol. The van der Waals surface area contributed by atoms with Gasteiger partial charge >= 0.3 is 0 Å². The second-order valence-corrected chi connectivity index (χ2v) is 7.18. The third kappa shape index (κ3) is 2.70. The summed E-state index contributed by atoms with van der Waals surface area (Å²) in [5.41, 5.74) is 5.40. The number of hydrogen-bond acceptors (Lipinski definition) is 5. The molecule has 0 unspecified atom stereocenters. The van der Waals surface area contributed by atoms with Crippen molar-refractivity contribution in [2.75, 3.05) is 31.6 Å². The number of aryl methyl sites for hydroxylation is 1. The molecule has 1 atom stereocenters. The van der Waals surface area contributed by atoms with E-state index in [1.54, 1.807) is 0 Å². The number of hydrogen-bond donors (Lipinski definition) is 1. The van der Waals surface area contributed by atoms with Gasteiger partial charge in [0.25, 0.3) is 0 Å². The highest BCUT2D eigenvalue weighted by Crippen LogP contribution is 2.30. The zero-order chi connectivity index (χ0) is 17.5. The van der Waals surface area contributed by atoms with Crippen LogP contribution in [0.5, 0.6) is 5.88 Å². The molecule has 5 rings (SSSR count). The molecule has 2 aliphatic rings. The van der Waals surface area contributed by atoms with Crippen LogP contribution in [0.4, 0.5) is 5.69 Å². The third-order valence-corrected chi connectivity index (χ3v) is 5.54. The molecule has 0 spiro atoms. The number of fused-ring (bicyclic) bond motifs is 5. The molecule has 0 saturated carbocycles. The Morgan fingerprint density at radius 3 is 3.12 bits per heavy atom. The van der Waals surface area contributed by atoms with Crippen LogP contribution in [-0.4, -0.2) is 51.8 Å². The Labute approximate surface area is 152 Å². The minimum Gasteiger partial charge on any atom is -0.476 e. The van der Waals surface area contributed by atoms with Crippen molar-refractivity contribution in [3.8, 4) is 17.0 Å². The van der Waals surface area contributed by atoms with Crippen molar-refractivity contribution in [2.24, 2.45) is 0 Å². The SMILES string of the molecule is Cc1ccc2cc1-c1cnn3ccc(nc13)OCCN1CCC[C@H]1CN2. The Morgan fingerprint density at radius 2 is 2.15 bits per heavy atom. The first-order valence-corrected chi connectivity index (χ1v) is 9.34. The van der Waals surface area contributed by atoms with Crippen molar-refractivity contribution < 1.29 is 4.74 Å². The zero-order valence-electron chi connectivity index (χ0n) is 15.0. The van der Waals surface area contributed by atoms with Gasteiger partial charge in [-0.1, -0.05) is 6.07 Å². The van der Waals surface area contributed by atoms with Gasteiger partial charge in [0.15, 0.2) is 5.65 Å². The quantitative estimate of drug-likeness (QED) is 0.676. The van der Waals surface area contributed by atoms with Crippen molar-refractivity contribution in [3.63, 3.8) is 0 Å². The highest BCUT2D eigenvalue weighted by atomic mass is 16.5. The smallest absolute Gasteiger partial charge is 0.216 e. The van der Waals surface area contributed by atoms with Gasteiger partial charge in [0.1, 0.15) is 6.61 Å². The lowest BCUT2D eigenvalue weighted by molar-refractivity contribution is 0.198. The van der Waals surface area contributed by atoms with Crippen LogP contribution in [0.1, 0.15) is 18.4 Å². The number of nitrogens with one attached hydrogen (secondary N) is 1. The summed E-state index contributed by atoms with van der Waals surface area (Å²) in [6.45, 7) is 5.84. The molecule has 26 heavy (non-hydrogen) atoms. The fourth-order valence-corrected chi connectivity index (χ4v) is 4.07. The molecule has 2 aliphatic heterocycles. The van der Waals surface area contributed by atoms with Gasteiger partial charge in [-0.25, -0.2) is 4.52 Å². The van der Waals surface area contributed by atoms with E-state index in [0.717, 1.165) is 42.1 Å². The van der Waals surface area contributed by atoms with Gasteiger partial charge in [0.05, 0.1) is 6.20 Å². The van der Waals surface area contributed by atoms with Crippen LogP contribution >= 0.6 is 0 Å². The van der Waals surface area contributed by atoms with Crippen LogP contribution in [0.2, 0.25) is 0 Å². The van der Waals surface area contributed by atoms with Crippen LogP contribution in [0.3, 0.4) is 0 Å². The predicted octanol–water partition coefficient (Wildman–Crippen LogP) is 2.97. The normalized spacial score (nSPS) is 20.4. The Morgan fingerprint density at radius 1 is 1.19 bits per heavy atom. The van der Waals surface area contributed by atoms with Gasteiger partial charge in [0, 0.05) is 42.6 Å². The average Bonchev–Trinajstić information content (AvgIpc) is 3.27. The van der Waals surface area contributed by atoms with Crippen molar-refractivity contribution >= 4 is 11.3 Å². The summed E-state index contributed by atoms with van der Waals surface area (Å²) in [5, 5.41) is 8.10. The Hall–Kier alpha value is -2.60. The van der Waals surface area contributed by atoms with Crippen molar-refractivity contribution in [1.29, 1.82) is 0 Å². The molecular weight excluding hydrogens is 326 g/mol. The van der Waals surface area contributed by atoms with Crippen LogP contribution in [-0.2, 0) is 0 Å². The topological polar surface area (TPSA) is 54.7 Å². The molecule has 1 N–H and O–H groups in total. The summed E-state index contributed by atoms with van der Waals surface area (Å²) < 4.78 is 7.77. The van der Waals surface area contributed by atoms with Crippen LogP contribution < -0.4 is 10.1 Å². The van der Waals surface area contributed by atoms with Crippen molar-refractivity contribution in [1.82, 2.24) is 19.5 Å². The fraction of sp³-hybridized carbons (Fsp3) is 0.400. The average molecular weight is 349 g/mol. The van der Waals surface area contributed by atoms with E-state index in [2.05, 4.69) is 40.4 Å².